The number of nitrogens with zero attached hydrogens (tertiary/aromatic N) is 1. The Kier molecular flexibility index (Phi) is 7.64. The van der Waals surface area contributed by atoms with E-state index in [1.165, 1.54) is 0 Å². The molecule has 0 radical (unpaired) electrons. The Hall–Kier alpha value is -2.86. The predicted molar refractivity (Wildman–Crippen MR) is 113 cm³/mol. The van der Waals surface area contributed by atoms with Crippen molar-refractivity contribution >= 4 is 17.5 Å². The van der Waals surface area contributed by atoms with Crippen LogP contribution >= 0.6 is 0 Å². The van der Waals surface area contributed by atoms with E-state index >= 15 is 0 Å². The SMILES string of the molecule is CCOc1ccccc1NC(=O)[C@@H]([NH2+]CCCN1CCCC1=O)c1ccccc1. The van der Waals surface area contributed by atoms with Crippen molar-refractivity contribution in [1.29, 1.82) is 0 Å². The number of amides is 2. The van der Waals surface area contributed by atoms with Crippen LogP contribution in [0.2, 0.25) is 0 Å². The zero-order chi connectivity index (χ0) is 20.5. The third-order valence-electron chi connectivity index (χ3n) is 5.09. The van der Waals surface area contributed by atoms with Gasteiger partial charge in [0.25, 0.3) is 5.91 Å². The van der Waals surface area contributed by atoms with E-state index in [1.807, 2.05) is 66.4 Å². The van der Waals surface area contributed by atoms with Gasteiger partial charge in [-0.25, -0.2) is 0 Å². The van der Waals surface area contributed by atoms with Gasteiger partial charge in [0.2, 0.25) is 5.91 Å². The largest absolute Gasteiger partial charge is 0.492 e. The van der Waals surface area contributed by atoms with Gasteiger partial charge in [0.15, 0.2) is 6.04 Å². The molecule has 1 aliphatic rings. The molecule has 6 heteroatoms. The van der Waals surface area contributed by atoms with Gasteiger partial charge in [-0.1, -0.05) is 42.5 Å². The van der Waals surface area contributed by atoms with Gasteiger partial charge in [-0.05, 0) is 25.5 Å². The summed E-state index contributed by atoms with van der Waals surface area (Å²) in [6.45, 7) is 4.84. The Labute approximate surface area is 172 Å². The lowest BCUT2D eigenvalue weighted by molar-refractivity contribution is -0.682. The molecule has 2 aromatic rings. The Morgan fingerprint density at radius 2 is 1.93 bits per heavy atom. The number of nitrogens with two attached hydrogens (primary N) is 1. The second kappa shape index (κ2) is 10.6. The monoisotopic (exact) mass is 396 g/mol. The van der Waals surface area contributed by atoms with Crippen molar-refractivity contribution < 1.29 is 19.6 Å². The van der Waals surface area contributed by atoms with Gasteiger partial charge in [0.05, 0.1) is 18.8 Å². The number of ether oxygens (including phenoxy) is 1. The fourth-order valence-electron chi connectivity index (χ4n) is 3.62. The van der Waals surface area contributed by atoms with E-state index in [9.17, 15) is 9.59 Å². The van der Waals surface area contributed by atoms with E-state index in [0.717, 1.165) is 38.0 Å². The molecule has 0 spiro atoms. The number of anilines is 1. The molecule has 1 atom stereocenters. The molecule has 0 aliphatic carbocycles. The summed E-state index contributed by atoms with van der Waals surface area (Å²) in [4.78, 5) is 26.8. The number of hydrogen-bond acceptors (Lipinski definition) is 3. The van der Waals surface area contributed by atoms with Crippen molar-refractivity contribution in [3.05, 3.63) is 60.2 Å². The lowest BCUT2D eigenvalue weighted by Crippen LogP contribution is -2.87. The van der Waals surface area contributed by atoms with E-state index < -0.39 is 0 Å². The van der Waals surface area contributed by atoms with Gasteiger partial charge in [-0.3, -0.25) is 9.59 Å². The quantitative estimate of drug-likeness (QED) is 0.606. The molecular weight excluding hydrogens is 366 g/mol. The summed E-state index contributed by atoms with van der Waals surface area (Å²) in [5.74, 6) is 0.832. The number of para-hydroxylation sites is 2. The highest BCUT2D eigenvalue weighted by atomic mass is 16.5. The number of hydrogen-bond donors (Lipinski definition) is 2. The predicted octanol–water partition coefficient (Wildman–Crippen LogP) is 2.34. The van der Waals surface area contributed by atoms with Crippen LogP contribution in [0.5, 0.6) is 5.75 Å². The first-order chi connectivity index (χ1) is 14.2. The fourth-order valence-corrected chi connectivity index (χ4v) is 3.62. The van der Waals surface area contributed by atoms with Crippen LogP contribution in [0.1, 0.15) is 37.8 Å². The summed E-state index contributed by atoms with van der Waals surface area (Å²) in [5, 5.41) is 5.07. The molecular formula is C23H30N3O3+. The fraction of sp³-hybridized carbons (Fsp3) is 0.391. The number of rotatable bonds is 10. The first kappa shape index (κ1) is 20.9. The van der Waals surface area contributed by atoms with E-state index in [4.69, 9.17) is 4.74 Å². The van der Waals surface area contributed by atoms with Gasteiger partial charge in [0.1, 0.15) is 5.75 Å². The van der Waals surface area contributed by atoms with Gasteiger partial charge >= 0.3 is 0 Å². The van der Waals surface area contributed by atoms with Gasteiger partial charge in [-0.2, -0.15) is 0 Å². The number of nitrogens with one attached hydrogen (secondary N) is 1. The first-order valence-electron chi connectivity index (χ1n) is 10.4. The highest BCUT2D eigenvalue weighted by molar-refractivity contribution is 5.95. The molecule has 1 aliphatic heterocycles. The van der Waals surface area contributed by atoms with Gasteiger partial charge in [-0.15, -0.1) is 0 Å². The third-order valence-corrected chi connectivity index (χ3v) is 5.09. The van der Waals surface area contributed by atoms with Gasteiger partial charge < -0.3 is 20.3 Å². The van der Waals surface area contributed by atoms with E-state index in [2.05, 4.69) is 10.6 Å². The zero-order valence-corrected chi connectivity index (χ0v) is 17.0. The third kappa shape index (κ3) is 5.81. The van der Waals surface area contributed by atoms with E-state index in [-0.39, 0.29) is 17.9 Å². The first-order valence-corrected chi connectivity index (χ1v) is 10.4. The number of carbonyl (C=O) groups excluding carboxylic acids is 2. The maximum absolute atomic E-state index is 13.1. The van der Waals surface area contributed by atoms with Crippen LogP contribution in [-0.4, -0.2) is 43.0 Å². The summed E-state index contributed by atoms with van der Waals surface area (Å²) in [5.41, 5.74) is 1.63. The van der Waals surface area contributed by atoms with Crippen LogP contribution in [0, 0.1) is 0 Å². The van der Waals surface area contributed by atoms with Crippen LogP contribution < -0.4 is 15.4 Å². The zero-order valence-electron chi connectivity index (χ0n) is 17.0. The maximum atomic E-state index is 13.1. The molecule has 1 fully saturated rings. The Morgan fingerprint density at radius 1 is 1.17 bits per heavy atom. The molecule has 0 saturated carbocycles. The Balaban J connectivity index is 1.64. The number of carbonyl (C=O) groups is 2. The normalized spacial score (nSPS) is 14.7. The van der Waals surface area contributed by atoms with Crippen LogP contribution in [-0.2, 0) is 9.59 Å². The molecule has 2 amide bonds. The summed E-state index contributed by atoms with van der Waals surface area (Å²) in [6.07, 6.45) is 2.48. The molecule has 1 heterocycles. The minimum atomic E-state index is -0.361. The molecule has 0 bridgehead atoms. The van der Waals surface area contributed by atoms with Gasteiger partial charge in [0, 0.05) is 31.5 Å². The highest BCUT2D eigenvalue weighted by Crippen LogP contribution is 2.24. The lowest BCUT2D eigenvalue weighted by atomic mass is 10.1. The molecule has 0 unspecified atom stereocenters. The molecule has 3 rings (SSSR count). The van der Waals surface area contributed by atoms with Crippen molar-refractivity contribution in [2.45, 2.75) is 32.2 Å². The van der Waals surface area contributed by atoms with Crippen LogP contribution in [0.25, 0.3) is 0 Å². The van der Waals surface area contributed by atoms with Crippen molar-refractivity contribution in [3.8, 4) is 5.75 Å². The summed E-state index contributed by atoms with van der Waals surface area (Å²) >= 11 is 0. The second-order valence-electron chi connectivity index (χ2n) is 7.17. The molecule has 154 valence electrons. The van der Waals surface area contributed by atoms with Crippen molar-refractivity contribution in [3.63, 3.8) is 0 Å². The Bertz CT molecular complexity index is 810. The summed E-state index contributed by atoms with van der Waals surface area (Å²) in [7, 11) is 0. The van der Waals surface area contributed by atoms with Crippen molar-refractivity contribution in [1.82, 2.24) is 4.90 Å². The molecule has 6 nitrogen and oxygen atoms in total. The number of quaternary nitrogens is 1. The smallest absolute Gasteiger partial charge is 0.287 e. The van der Waals surface area contributed by atoms with Crippen LogP contribution in [0.3, 0.4) is 0 Å². The standard InChI is InChI=1S/C23H29N3O3/c1-2-29-20-13-7-6-12-19(20)25-23(28)22(18-10-4-3-5-11-18)24-15-9-17-26-16-8-14-21(26)27/h3-7,10-13,22,24H,2,8-9,14-17H2,1H3,(H,25,28)/p+1/t22-/m0/s1. The van der Waals surface area contributed by atoms with E-state index in [0.29, 0.717) is 24.5 Å². The average molecular weight is 397 g/mol. The minimum absolute atomic E-state index is 0.0828. The van der Waals surface area contributed by atoms with Crippen LogP contribution in [0.15, 0.2) is 54.6 Å². The Morgan fingerprint density at radius 3 is 2.66 bits per heavy atom. The summed E-state index contributed by atoms with van der Waals surface area (Å²) in [6, 6.07) is 16.9. The van der Waals surface area contributed by atoms with Crippen LogP contribution in [0.4, 0.5) is 5.69 Å². The molecule has 2 aromatic carbocycles. The summed E-state index contributed by atoms with van der Waals surface area (Å²) < 4.78 is 5.63. The molecule has 0 aromatic heterocycles. The topological polar surface area (TPSA) is 75.2 Å². The van der Waals surface area contributed by atoms with E-state index in [1.54, 1.807) is 0 Å². The molecule has 29 heavy (non-hydrogen) atoms. The molecule has 3 N–H and O–H groups in total. The minimum Gasteiger partial charge on any atom is -0.492 e. The number of likely N-dealkylation sites (tertiary alicyclic amines) is 1. The highest BCUT2D eigenvalue weighted by Gasteiger charge is 2.25. The molecule has 1 saturated heterocycles. The maximum Gasteiger partial charge on any atom is 0.287 e. The second-order valence-corrected chi connectivity index (χ2v) is 7.17. The van der Waals surface area contributed by atoms with Crippen molar-refractivity contribution in [2.24, 2.45) is 0 Å². The van der Waals surface area contributed by atoms with Crippen molar-refractivity contribution in [2.75, 3.05) is 31.6 Å². The lowest BCUT2D eigenvalue weighted by Gasteiger charge is -2.19. The number of benzene rings is 2. The average Bonchev–Trinajstić information content (AvgIpc) is 3.15.